The largest absolute Gasteiger partial charge is 0.352 e. The lowest BCUT2D eigenvalue weighted by atomic mass is 10.2. The summed E-state index contributed by atoms with van der Waals surface area (Å²) < 4.78 is 15.4. The van der Waals surface area contributed by atoms with Gasteiger partial charge in [-0.15, -0.1) is 0 Å². The van der Waals surface area contributed by atoms with Crippen LogP contribution in [0.15, 0.2) is 0 Å². The minimum Gasteiger partial charge on any atom is -0.352 e. The monoisotopic (exact) mass is 244 g/mol. The van der Waals surface area contributed by atoms with Gasteiger partial charge in [-0.3, -0.25) is 4.18 Å². The lowest BCUT2D eigenvalue weighted by Gasteiger charge is -2.16. The maximum absolute atomic E-state index is 10.5. The van der Waals surface area contributed by atoms with Gasteiger partial charge < -0.3 is 11.1 Å². The van der Waals surface area contributed by atoms with E-state index in [9.17, 15) is 9.00 Å². The first-order valence-corrected chi connectivity index (χ1v) is 6.54. The Labute approximate surface area is 86.9 Å². The summed E-state index contributed by atoms with van der Waals surface area (Å²) in [7, 11) is 3.33. The predicted molar refractivity (Wildman–Crippen MR) is 52.7 cm³/mol. The number of nitrogens with one attached hydrogen (secondary N) is 1. The van der Waals surface area contributed by atoms with Gasteiger partial charge in [0.2, 0.25) is 0 Å². The molecule has 76 valence electrons. The number of amides is 2. The van der Waals surface area contributed by atoms with Crippen LogP contribution in [-0.4, -0.2) is 33.9 Å². The summed E-state index contributed by atoms with van der Waals surface area (Å²) in [6.07, 6.45) is -0.323. The zero-order chi connectivity index (χ0) is 9.84. The Bertz CT molecular complexity index is 206. The van der Waals surface area contributed by atoms with Crippen molar-refractivity contribution in [2.75, 3.05) is 11.5 Å². The molecule has 0 aromatic carbocycles. The normalized spacial score (nSPS) is 29.9. The van der Waals surface area contributed by atoms with Crippen LogP contribution in [0.3, 0.4) is 0 Å². The molecule has 0 spiro atoms. The molecule has 13 heavy (non-hydrogen) atoms. The van der Waals surface area contributed by atoms with Crippen LogP contribution >= 0.6 is 22.4 Å². The van der Waals surface area contributed by atoms with Gasteiger partial charge in [-0.05, 0) is 0 Å². The van der Waals surface area contributed by atoms with E-state index in [2.05, 4.69) is 5.32 Å². The number of carbonyl (C=O) groups excluding carboxylic acids is 1. The molecular weight excluding hydrogens is 236 g/mol. The van der Waals surface area contributed by atoms with E-state index in [4.69, 9.17) is 20.6 Å². The van der Waals surface area contributed by atoms with Gasteiger partial charge in [0, 0.05) is 22.2 Å². The van der Waals surface area contributed by atoms with E-state index < -0.39 is 16.3 Å². The molecule has 0 aliphatic carbocycles. The van der Waals surface area contributed by atoms with Gasteiger partial charge in [-0.1, -0.05) is 0 Å². The quantitative estimate of drug-likeness (QED) is 0.684. The summed E-state index contributed by atoms with van der Waals surface area (Å²) in [6.45, 7) is 0. The van der Waals surface area contributed by atoms with Crippen molar-refractivity contribution < 1.29 is 13.2 Å². The van der Waals surface area contributed by atoms with E-state index in [1.165, 1.54) is 0 Å². The van der Waals surface area contributed by atoms with Gasteiger partial charge in [0.15, 0.2) is 0 Å². The Morgan fingerprint density at radius 1 is 1.69 bits per heavy atom. The second kappa shape index (κ2) is 5.04. The Morgan fingerprint density at radius 2 is 2.38 bits per heavy atom. The third-order valence-corrected chi connectivity index (χ3v) is 3.33. The number of halogens is 1. The molecule has 3 N–H and O–H groups in total. The van der Waals surface area contributed by atoms with Crippen LogP contribution in [-0.2, 0) is 14.5 Å². The maximum atomic E-state index is 10.5. The number of urea groups is 1. The maximum Gasteiger partial charge on any atom is 0.312 e. The van der Waals surface area contributed by atoms with Crippen LogP contribution in [0.25, 0.3) is 0 Å². The fourth-order valence-electron chi connectivity index (χ4n) is 1.04. The van der Waals surface area contributed by atoms with E-state index in [1.54, 1.807) is 11.8 Å². The fourth-order valence-corrected chi connectivity index (χ4v) is 3.03. The lowest BCUT2D eigenvalue weighted by Crippen LogP contribution is -2.46. The molecule has 1 saturated heterocycles. The summed E-state index contributed by atoms with van der Waals surface area (Å²) in [5, 5.41) is 2.50. The van der Waals surface area contributed by atoms with Crippen LogP contribution in [0, 0.1) is 0 Å². The summed E-state index contributed by atoms with van der Waals surface area (Å²) in [6, 6.07) is -0.813. The summed E-state index contributed by atoms with van der Waals surface area (Å²) in [4.78, 5) is 10.5. The zero-order valence-electron chi connectivity index (χ0n) is 6.57. The standard InChI is InChI=1S/C5H9ClN2O3S2/c6-13(10)11-4-2-12-1-3(4)8-5(7)9/h3-4H,1-2H2,(H3,7,8,9)/t3-,4+,13?/m1/s1. The van der Waals surface area contributed by atoms with Crippen molar-refractivity contribution in [1.29, 1.82) is 0 Å². The van der Waals surface area contributed by atoms with E-state index in [-0.39, 0.29) is 12.1 Å². The number of carbonyl (C=O) groups is 1. The third kappa shape index (κ3) is 3.72. The van der Waals surface area contributed by atoms with Gasteiger partial charge >= 0.3 is 6.03 Å². The average molecular weight is 245 g/mol. The smallest absolute Gasteiger partial charge is 0.312 e. The highest BCUT2D eigenvalue weighted by atomic mass is 35.7. The molecule has 1 unspecified atom stereocenters. The molecule has 0 aromatic rings. The second-order valence-corrected chi connectivity index (χ2v) is 4.89. The van der Waals surface area contributed by atoms with Crippen LogP contribution in [0.4, 0.5) is 4.79 Å². The number of nitrogens with two attached hydrogens (primary N) is 1. The lowest BCUT2D eigenvalue weighted by molar-refractivity contribution is 0.208. The Kier molecular flexibility index (Phi) is 4.30. The Hall–Kier alpha value is 0.0200. The molecule has 1 rings (SSSR count). The van der Waals surface area contributed by atoms with Crippen molar-refractivity contribution in [3.63, 3.8) is 0 Å². The van der Waals surface area contributed by atoms with Crippen LogP contribution in [0.2, 0.25) is 0 Å². The topological polar surface area (TPSA) is 81.4 Å². The highest BCUT2D eigenvalue weighted by Crippen LogP contribution is 2.22. The van der Waals surface area contributed by atoms with E-state index >= 15 is 0 Å². The highest BCUT2D eigenvalue weighted by Gasteiger charge is 2.31. The molecule has 3 atom stereocenters. The Balaban J connectivity index is 2.43. The van der Waals surface area contributed by atoms with Crippen molar-refractivity contribution >= 4 is 38.8 Å². The van der Waals surface area contributed by atoms with Crippen LogP contribution < -0.4 is 11.1 Å². The first-order valence-electron chi connectivity index (χ1n) is 3.48. The van der Waals surface area contributed by atoms with Crippen molar-refractivity contribution in [3.8, 4) is 0 Å². The summed E-state index contributed by atoms with van der Waals surface area (Å²) in [5.41, 5.74) is 4.94. The van der Waals surface area contributed by atoms with E-state index in [1.807, 2.05) is 0 Å². The van der Waals surface area contributed by atoms with Gasteiger partial charge in [-0.2, -0.15) is 11.8 Å². The molecule has 8 heteroatoms. The number of hydrogen-bond acceptors (Lipinski definition) is 4. The van der Waals surface area contributed by atoms with Crippen molar-refractivity contribution in [3.05, 3.63) is 0 Å². The average Bonchev–Trinajstić information content (AvgIpc) is 2.34. The van der Waals surface area contributed by atoms with Gasteiger partial charge in [0.05, 0.1) is 6.04 Å². The predicted octanol–water partition coefficient (Wildman–Crippen LogP) is -0.0272. The van der Waals surface area contributed by atoms with Crippen molar-refractivity contribution in [2.24, 2.45) is 5.73 Å². The molecule has 0 saturated carbocycles. The Morgan fingerprint density at radius 3 is 2.92 bits per heavy atom. The highest BCUT2D eigenvalue weighted by molar-refractivity contribution is 8.04. The number of hydrogen-bond donors (Lipinski definition) is 2. The number of rotatable bonds is 3. The first-order chi connectivity index (χ1) is 6.09. The van der Waals surface area contributed by atoms with Gasteiger partial charge in [0.1, 0.15) is 6.10 Å². The number of thioether (sulfide) groups is 1. The van der Waals surface area contributed by atoms with Crippen molar-refractivity contribution in [1.82, 2.24) is 5.32 Å². The first kappa shape index (κ1) is 11.1. The van der Waals surface area contributed by atoms with Gasteiger partial charge in [-0.25, -0.2) is 9.00 Å². The molecule has 1 aliphatic rings. The summed E-state index contributed by atoms with van der Waals surface area (Å²) >= 11 is 1.59. The minimum atomic E-state index is -1.82. The fraction of sp³-hybridized carbons (Fsp3) is 0.800. The molecule has 1 aliphatic heterocycles. The molecule has 1 fully saturated rings. The van der Waals surface area contributed by atoms with Crippen LogP contribution in [0.5, 0.6) is 0 Å². The molecule has 2 amide bonds. The van der Waals surface area contributed by atoms with Crippen LogP contribution in [0.1, 0.15) is 0 Å². The van der Waals surface area contributed by atoms with E-state index in [0.717, 1.165) is 0 Å². The minimum absolute atomic E-state index is 0.204. The SMILES string of the molecule is NC(=O)N[C@@H]1CSC[C@@H]1OS(=O)Cl. The molecule has 5 nitrogen and oxygen atoms in total. The zero-order valence-corrected chi connectivity index (χ0v) is 8.95. The summed E-state index contributed by atoms with van der Waals surface area (Å²) in [5.74, 6) is 1.35. The van der Waals surface area contributed by atoms with Crippen molar-refractivity contribution in [2.45, 2.75) is 12.1 Å². The molecule has 0 radical (unpaired) electrons. The third-order valence-electron chi connectivity index (χ3n) is 1.56. The molecule has 1 heterocycles. The molecule has 0 bridgehead atoms. The number of primary amides is 1. The molecular formula is C5H9ClN2O3S2. The van der Waals surface area contributed by atoms with Gasteiger partial charge in [0.25, 0.3) is 10.3 Å². The van der Waals surface area contributed by atoms with E-state index in [0.29, 0.717) is 11.5 Å². The second-order valence-electron chi connectivity index (χ2n) is 2.48. The molecule has 0 aromatic heterocycles.